The Bertz CT molecular complexity index is 889. The molecule has 0 spiro atoms. The minimum atomic E-state index is -0.979. The molecule has 0 aliphatic carbocycles. The SMILES string of the molecule is CCCCCCCCC(S)(CCCCCCCC)C(=O)[O-].CCCCCCCCC(S)(CCCCCCCC)C(=O)[O-].CCCCCCCCC(S)(CCCCCCCC)C(=O)[O-].CCC[CH2][Sn+3]. The molecule has 0 saturated carbocycles. The van der Waals surface area contributed by atoms with E-state index in [0.29, 0.717) is 38.5 Å². The van der Waals surface area contributed by atoms with Gasteiger partial charge in [0.05, 0.1) is 32.1 Å². The Hall–Kier alpha value is 0.259. The van der Waals surface area contributed by atoms with Crippen LogP contribution in [0.5, 0.6) is 0 Å². The topological polar surface area (TPSA) is 120 Å². The van der Waals surface area contributed by atoms with E-state index in [2.05, 4.69) is 86.4 Å². The fourth-order valence-electron chi connectivity index (χ4n) is 8.35. The van der Waals surface area contributed by atoms with Crippen LogP contribution >= 0.6 is 37.9 Å². The molecule has 0 aromatic carbocycles. The first-order valence-electron chi connectivity index (χ1n) is 29.1. The van der Waals surface area contributed by atoms with Gasteiger partial charge >= 0.3 is 46.7 Å². The van der Waals surface area contributed by atoms with Crippen LogP contribution in [0, 0.1) is 0 Å². The van der Waals surface area contributed by atoms with Crippen molar-refractivity contribution < 1.29 is 29.7 Å². The van der Waals surface area contributed by atoms with Gasteiger partial charge in [-0.25, -0.2) is 0 Å². The van der Waals surface area contributed by atoms with Crippen LogP contribution in [0.15, 0.2) is 0 Å². The van der Waals surface area contributed by atoms with Crippen molar-refractivity contribution in [3.8, 4) is 0 Å². The molecule has 0 unspecified atom stereocenters. The van der Waals surface area contributed by atoms with Crippen molar-refractivity contribution in [2.24, 2.45) is 0 Å². The normalized spacial score (nSPS) is 11.5. The first-order valence-corrected chi connectivity index (χ1v) is 32.4. The molecule has 0 fully saturated rings. The molecule has 0 aliphatic heterocycles. The summed E-state index contributed by atoms with van der Waals surface area (Å²) in [5.74, 6) is -2.94. The molecule has 0 bridgehead atoms. The second-order valence-electron chi connectivity index (χ2n) is 20.2. The van der Waals surface area contributed by atoms with E-state index in [9.17, 15) is 29.7 Å². The standard InChI is InChI=1S/3C18H36O2S.C4H9.Sn/c3*1-3-5-7-9-11-13-15-18(21,17(19)20)16-14-12-10-8-6-4-2;1-3-4-2;/h3*21H,3-16H2,1-2H3,(H,19,20);1,3-4H2,2H3;/q;;;;+3/p-3. The van der Waals surface area contributed by atoms with Crippen LogP contribution in [0.25, 0.3) is 0 Å². The number of rotatable bonds is 47. The molecule has 10 heteroatoms. The van der Waals surface area contributed by atoms with Crippen LogP contribution in [0.1, 0.15) is 331 Å². The van der Waals surface area contributed by atoms with E-state index in [0.717, 1.165) is 77.0 Å². The van der Waals surface area contributed by atoms with Crippen molar-refractivity contribution in [3.63, 3.8) is 0 Å². The predicted octanol–water partition coefficient (Wildman–Crippen LogP) is 16.1. The van der Waals surface area contributed by atoms with Gasteiger partial charge in [-0.15, -0.1) is 0 Å². The fourth-order valence-corrected chi connectivity index (χ4v) is 10.3. The molecule has 404 valence electrons. The Morgan fingerprint density at radius 2 is 0.412 bits per heavy atom. The Morgan fingerprint density at radius 3 is 0.515 bits per heavy atom. The van der Waals surface area contributed by atoms with Gasteiger partial charge < -0.3 is 29.7 Å². The summed E-state index contributed by atoms with van der Waals surface area (Å²) in [7, 11) is 0. The first-order chi connectivity index (χ1) is 32.6. The number of hydrogen-bond donors (Lipinski definition) is 3. The molecule has 0 aromatic heterocycles. The van der Waals surface area contributed by atoms with E-state index in [1.807, 2.05) is 0 Å². The van der Waals surface area contributed by atoms with Crippen LogP contribution < -0.4 is 15.3 Å². The number of thiol groups is 3. The molecule has 0 heterocycles. The Balaban J connectivity index is -0.000000429. The van der Waals surface area contributed by atoms with E-state index in [4.69, 9.17) is 0 Å². The molecule has 0 rings (SSSR count). The molecule has 68 heavy (non-hydrogen) atoms. The van der Waals surface area contributed by atoms with Crippen LogP contribution in [-0.4, -0.2) is 54.7 Å². The summed E-state index contributed by atoms with van der Waals surface area (Å²) in [4.78, 5) is 34.1. The van der Waals surface area contributed by atoms with Gasteiger partial charge in [-0.05, 0) is 38.5 Å². The molecule has 0 aromatic rings. The van der Waals surface area contributed by atoms with Crippen molar-refractivity contribution in [3.05, 3.63) is 0 Å². The molecule has 0 amide bonds. The zero-order chi connectivity index (χ0) is 52.1. The van der Waals surface area contributed by atoms with Gasteiger partial charge in [0.15, 0.2) is 0 Å². The number of hydrogen-bond acceptors (Lipinski definition) is 9. The summed E-state index contributed by atoms with van der Waals surface area (Å²) in [6.45, 7) is 15.4. The van der Waals surface area contributed by atoms with Gasteiger partial charge in [-0.1, -0.05) is 273 Å². The van der Waals surface area contributed by atoms with Gasteiger partial charge in [0, 0.05) is 0 Å². The summed E-state index contributed by atoms with van der Waals surface area (Å²) >= 11 is 15.0. The molecule has 0 aliphatic rings. The predicted molar refractivity (Wildman–Crippen MR) is 304 cm³/mol. The molecule has 0 atom stereocenters. The fraction of sp³-hybridized carbons (Fsp3) is 0.948. The van der Waals surface area contributed by atoms with Crippen LogP contribution in [0.4, 0.5) is 0 Å². The molecular weight excluding hydrogens is 1010 g/mol. The Morgan fingerprint density at radius 1 is 0.279 bits per heavy atom. The number of unbranched alkanes of at least 4 members (excludes halogenated alkanes) is 31. The van der Waals surface area contributed by atoms with Gasteiger partial charge in [0.25, 0.3) is 0 Å². The average molecular weight is 1120 g/mol. The average Bonchev–Trinajstić information content (AvgIpc) is 3.31. The van der Waals surface area contributed by atoms with Crippen molar-refractivity contribution >= 4 is 78.3 Å². The molecule has 0 N–H and O–H groups in total. The summed E-state index contributed by atoms with van der Waals surface area (Å²) in [5, 5.41) is 34.1. The van der Waals surface area contributed by atoms with Crippen molar-refractivity contribution in [2.75, 3.05) is 0 Å². The van der Waals surface area contributed by atoms with Gasteiger partial charge in [-0.3, -0.25) is 0 Å². The minimum absolute atomic E-state index is 0.652. The van der Waals surface area contributed by atoms with Gasteiger partial charge in [-0.2, -0.15) is 37.9 Å². The van der Waals surface area contributed by atoms with Gasteiger partial charge in [0.1, 0.15) is 0 Å². The maximum absolute atomic E-state index is 11.4. The van der Waals surface area contributed by atoms with Crippen LogP contribution in [-0.2, 0) is 14.4 Å². The number of carbonyl (C=O) groups is 3. The zero-order valence-corrected chi connectivity index (χ0v) is 51.6. The van der Waals surface area contributed by atoms with Crippen LogP contribution in [0.2, 0.25) is 4.44 Å². The van der Waals surface area contributed by atoms with E-state index < -0.39 is 32.1 Å². The quantitative estimate of drug-likeness (QED) is 0.0317. The second-order valence-corrected chi connectivity index (χ2v) is 24.2. The van der Waals surface area contributed by atoms with Crippen molar-refractivity contribution in [1.82, 2.24) is 0 Å². The van der Waals surface area contributed by atoms with Gasteiger partial charge in [0.2, 0.25) is 0 Å². The van der Waals surface area contributed by atoms with Crippen LogP contribution in [0.3, 0.4) is 0 Å². The molecule has 0 saturated heterocycles. The maximum atomic E-state index is 11.4. The summed E-state index contributed by atoms with van der Waals surface area (Å²) in [6.07, 6.45) is 49.1. The third kappa shape index (κ3) is 51.2. The molecule has 0 radical (unpaired) electrons. The molecule has 6 nitrogen and oxygen atoms in total. The second kappa shape index (κ2) is 56.6. The summed E-state index contributed by atoms with van der Waals surface area (Å²) in [6, 6.07) is 0. The van der Waals surface area contributed by atoms with E-state index in [1.165, 1.54) is 171 Å². The van der Waals surface area contributed by atoms with Crippen molar-refractivity contribution in [1.29, 1.82) is 0 Å². The monoisotopic (exact) mass is 1120 g/mol. The summed E-state index contributed by atoms with van der Waals surface area (Å²) in [5.41, 5.74) is 0. The van der Waals surface area contributed by atoms with Crippen molar-refractivity contribution in [2.45, 2.75) is 350 Å². The number of aliphatic carboxylic acids is 3. The number of carboxylic acid groups (broad SMARTS) is 3. The Labute approximate surface area is 454 Å². The number of carboxylic acids is 3. The third-order valence-corrected chi connectivity index (χ3v) is 16.2. The summed E-state index contributed by atoms with van der Waals surface area (Å²) < 4.78 is -1.29. The van der Waals surface area contributed by atoms with E-state index in [-0.39, 0.29) is 0 Å². The van der Waals surface area contributed by atoms with E-state index >= 15 is 0 Å². The molecular formula is C58H114O6S3Sn. The first kappa shape index (κ1) is 74.8. The Kier molecular flexibility index (Phi) is 62.2. The van der Waals surface area contributed by atoms with E-state index in [1.54, 1.807) is 22.5 Å². The third-order valence-electron chi connectivity index (χ3n) is 13.3. The zero-order valence-electron chi connectivity index (χ0n) is 46.1. The number of carbonyl (C=O) groups excluding carboxylic acids is 3.